The van der Waals surface area contributed by atoms with Gasteiger partial charge in [-0.25, -0.2) is 0 Å². The predicted octanol–water partition coefficient (Wildman–Crippen LogP) is 15.5. The highest BCUT2D eigenvalue weighted by molar-refractivity contribution is 5.77. The molecular formula is C53H101NO5. The molecule has 0 rings (SSSR count). The topological polar surface area (TPSA) is 95.9 Å². The Morgan fingerprint density at radius 1 is 0.475 bits per heavy atom. The Morgan fingerprint density at radius 2 is 0.847 bits per heavy atom. The van der Waals surface area contributed by atoms with Gasteiger partial charge >= 0.3 is 5.97 Å². The number of allylic oxidation sites excluding steroid dienone is 4. The molecule has 0 aliphatic rings. The lowest BCUT2D eigenvalue weighted by Crippen LogP contribution is -2.46. The van der Waals surface area contributed by atoms with Crippen molar-refractivity contribution >= 4 is 11.9 Å². The van der Waals surface area contributed by atoms with Gasteiger partial charge in [0, 0.05) is 6.42 Å². The largest absolute Gasteiger partial charge is 0.462 e. The number of unbranched alkanes of at least 4 members (excludes halogenated alkanes) is 31. The molecular weight excluding hydrogens is 731 g/mol. The number of aliphatic hydroxyl groups excluding tert-OH is 2. The van der Waals surface area contributed by atoms with Gasteiger partial charge in [-0.2, -0.15) is 0 Å². The van der Waals surface area contributed by atoms with E-state index in [-0.39, 0.29) is 24.9 Å². The highest BCUT2D eigenvalue weighted by atomic mass is 16.5. The maximum absolute atomic E-state index is 13.2. The monoisotopic (exact) mass is 832 g/mol. The van der Waals surface area contributed by atoms with E-state index in [0.29, 0.717) is 19.3 Å². The lowest BCUT2D eigenvalue weighted by molar-refractivity contribution is -0.151. The minimum absolute atomic E-state index is 0.0674. The van der Waals surface area contributed by atoms with Crippen LogP contribution in [0, 0.1) is 0 Å². The standard InChI is InChI=1S/C53H101NO5/c1-4-7-10-13-16-19-22-24-26-27-29-31-33-36-39-42-45-51(56)50(48-55)54-52(57)47-49(59-53(58)46-43-40-37-34-21-18-15-12-9-6-3)44-41-38-35-32-30-28-25-23-20-17-14-11-8-5-2/h12,15,28,30,49-51,55-56H,4-11,13-14,16-27,29,31-48H2,1-3H3,(H,54,57)/b15-12-,30-28+. The van der Waals surface area contributed by atoms with E-state index in [9.17, 15) is 19.8 Å². The molecule has 59 heavy (non-hydrogen) atoms. The number of aliphatic hydroxyl groups is 2. The molecule has 6 nitrogen and oxygen atoms in total. The van der Waals surface area contributed by atoms with Gasteiger partial charge in [-0.1, -0.05) is 218 Å². The van der Waals surface area contributed by atoms with Crippen molar-refractivity contribution in [2.45, 2.75) is 296 Å². The number of hydrogen-bond acceptors (Lipinski definition) is 5. The summed E-state index contributed by atoms with van der Waals surface area (Å²) in [6.07, 6.45) is 53.8. The van der Waals surface area contributed by atoms with Gasteiger partial charge in [-0.3, -0.25) is 9.59 Å². The van der Waals surface area contributed by atoms with E-state index in [0.717, 1.165) is 70.6 Å². The lowest BCUT2D eigenvalue weighted by atomic mass is 10.0. The molecule has 0 radical (unpaired) electrons. The van der Waals surface area contributed by atoms with Crippen LogP contribution in [0.5, 0.6) is 0 Å². The van der Waals surface area contributed by atoms with Crippen LogP contribution in [0.2, 0.25) is 0 Å². The molecule has 348 valence electrons. The Hall–Kier alpha value is -1.66. The van der Waals surface area contributed by atoms with E-state index >= 15 is 0 Å². The van der Waals surface area contributed by atoms with Crippen LogP contribution in [0.15, 0.2) is 24.3 Å². The van der Waals surface area contributed by atoms with E-state index in [2.05, 4.69) is 50.4 Å². The van der Waals surface area contributed by atoms with Crippen LogP contribution < -0.4 is 5.32 Å². The Kier molecular flexibility index (Phi) is 46.1. The van der Waals surface area contributed by atoms with Gasteiger partial charge in [0.25, 0.3) is 0 Å². The van der Waals surface area contributed by atoms with Gasteiger partial charge in [0.1, 0.15) is 6.10 Å². The third-order valence-electron chi connectivity index (χ3n) is 12.0. The van der Waals surface area contributed by atoms with Gasteiger partial charge in [0.05, 0.1) is 25.2 Å². The maximum Gasteiger partial charge on any atom is 0.306 e. The molecule has 3 unspecified atom stereocenters. The average molecular weight is 832 g/mol. The fourth-order valence-corrected chi connectivity index (χ4v) is 8.02. The molecule has 0 spiro atoms. The van der Waals surface area contributed by atoms with Crippen molar-refractivity contribution in [3.8, 4) is 0 Å². The summed E-state index contributed by atoms with van der Waals surface area (Å²) in [5.74, 6) is -0.491. The maximum atomic E-state index is 13.2. The molecule has 3 N–H and O–H groups in total. The van der Waals surface area contributed by atoms with Crippen molar-refractivity contribution in [2.24, 2.45) is 0 Å². The Morgan fingerprint density at radius 3 is 1.29 bits per heavy atom. The fraction of sp³-hybridized carbons (Fsp3) is 0.887. The van der Waals surface area contributed by atoms with E-state index in [1.807, 2.05) is 0 Å². The quantitative estimate of drug-likeness (QED) is 0.0322. The van der Waals surface area contributed by atoms with Gasteiger partial charge in [-0.05, 0) is 70.6 Å². The normalized spacial score (nSPS) is 13.4. The smallest absolute Gasteiger partial charge is 0.306 e. The van der Waals surface area contributed by atoms with Gasteiger partial charge in [0.2, 0.25) is 5.91 Å². The van der Waals surface area contributed by atoms with Crippen LogP contribution in [-0.2, 0) is 14.3 Å². The molecule has 3 atom stereocenters. The van der Waals surface area contributed by atoms with E-state index in [4.69, 9.17) is 4.74 Å². The van der Waals surface area contributed by atoms with Crippen molar-refractivity contribution in [1.29, 1.82) is 0 Å². The summed E-state index contributed by atoms with van der Waals surface area (Å²) < 4.78 is 5.91. The van der Waals surface area contributed by atoms with Crippen molar-refractivity contribution < 1.29 is 24.5 Å². The molecule has 0 aromatic carbocycles. The third kappa shape index (κ3) is 42.8. The first-order chi connectivity index (χ1) is 29.0. The molecule has 0 fully saturated rings. The average Bonchev–Trinajstić information content (AvgIpc) is 3.23. The third-order valence-corrected chi connectivity index (χ3v) is 12.0. The second kappa shape index (κ2) is 47.4. The number of carbonyl (C=O) groups excluding carboxylic acids is 2. The summed E-state index contributed by atoms with van der Waals surface area (Å²) in [4.78, 5) is 26.1. The number of hydrogen-bond donors (Lipinski definition) is 3. The van der Waals surface area contributed by atoms with Crippen LogP contribution in [0.1, 0.15) is 278 Å². The van der Waals surface area contributed by atoms with Crippen LogP contribution >= 0.6 is 0 Å². The Labute approximate surface area is 367 Å². The Balaban J connectivity index is 4.51. The van der Waals surface area contributed by atoms with Crippen LogP contribution in [-0.4, -0.2) is 46.9 Å². The summed E-state index contributed by atoms with van der Waals surface area (Å²) in [6.45, 7) is 6.43. The van der Waals surface area contributed by atoms with Crippen LogP contribution in [0.3, 0.4) is 0 Å². The number of amides is 1. The molecule has 0 saturated carbocycles. The highest BCUT2D eigenvalue weighted by Gasteiger charge is 2.24. The van der Waals surface area contributed by atoms with Crippen LogP contribution in [0.25, 0.3) is 0 Å². The molecule has 0 saturated heterocycles. The minimum atomic E-state index is -0.789. The van der Waals surface area contributed by atoms with Gasteiger partial charge < -0.3 is 20.3 Å². The summed E-state index contributed by atoms with van der Waals surface area (Å²) in [5, 5.41) is 23.8. The fourth-order valence-electron chi connectivity index (χ4n) is 8.02. The van der Waals surface area contributed by atoms with Crippen LogP contribution in [0.4, 0.5) is 0 Å². The number of esters is 1. The molecule has 0 aliphatic carbocycles. The summed E-state index contributed by atoms with van der Waals surface area (Å²) in [5.41, 5.74) is 0. The van der Waals surface area contributed by atoms with E-state index in [1.54, 1.807) is 0 Å². The molecule has 0 heterocycles. The second-order valence-electron chi connectivity index (χ2n) is 17.9. The van der Waals surface area contributed by atoms with Gasteiger partial charge in [0.15, 0.2) is 0 Å². The first-order valence-electron chi connectivity index (χ1n) is 26.1. The number of rotatable bonds is 47. The molecule has 1 amide bonds. The lowest BCUT2D eigenvalue weighted by Gasteiger charge is -2.24. The molecule has 0 bridgehead atoms. The zero-order valence-corrected chi connectivity index (χ0v) is 39.7. The zero-order chi connectivity index (χ0) is 43.1. The van der Waals surface area contributed by atoms with E-state index < -0.39 is 18.2 Å². The first-order valence-corrected chi connectivity index (χ1v) is 26.1. The molecule has 0 aromatic heterocycles. The van der Waals surface area contributed by atoms with Crippen molar-refractivity contribution in [3.63, 3.8) is 0 Å². The predicted molar refractivity (Wildman–Crippen MR) is 255 cm³/mol. The zero-order valence-electron chi connectivity index (χ0n) is 39.7. The number of ether oxygens (including phenoxy) is 1. The van der Waals surface area contributed by atoms with Crippen molar-refractivity contribution in [1.82, 2.24) is 5.32 Å². The Bertz CT molecular complexity index is 935. The SMILES string of the molecule is CCC/C=C\CCCCCCCC(=O)OC(CCCCC/C=C/CCCCCCCCC)CC(=O)NC(CO)C(O)CCCCCCCCCCCCCCCCCC. The number of carbonyl (C=O) groups is 2. The molecule has 6 heteroatoms. The minimum Gasteiger partial charge on any atom is -0.462 e. The molecule has 0 aliphatic heterocycles. The number of nitrogens with one attached hydrogen (secondary N) is 1. The molecule has 0 aromatic rings. The van der Waals surface area contributed by atoms with Crippen molar-refractivity contribution in [2.75, 3.05) is 6.61 Å². The summed E-state index contributed by atoms with van der Waals surface area (Å²) in [7, 11) is 0. The summed E-state index contributed by atoms with van der Waals surface area (Å²) in [6, 6.07) is -0.704. The van der Waals surface area contributed by atoms with Gasteiger partial charge in [-0.15, -0.1) is 0 Å². The highest BCUT2D eigenvalue weighted by Crippen LogP contribution is 2.18. The van der Waals surface area contributed by atoms with E-state index in [1.165, 1.54) is 161 Å². The van der Waals surface area contributed by atoms with Crippen molar-refractivity contribution in [3.05, 3.63) is 24.3 Å². The first kappa shape index (κ1) is 57.3. The second-order valence-corrected chi connectivity index (χ2v) is 17.9. The summed E-state index contributed by atoms with van der Waals surface area (Å²) >= 11 is 0.